The van der Waals surface area contributed by atoms with E-state index < -0.39 is 0 Å². The fraction of sp³-hybridized carbons (Fsp3) is 0.0476. The molecule has 0 aliphatic carbocycles. The number of nitrogens with zero attached hydrogens (tertiary/aromatic N) is 4. The lowest BCUT2D eigenvalue weighted by Gasteiger charge is -1.96. The van der Waals surface area contributed by atoms with Gasteiger partial charge in [-0.25, -0.2) is 19.9 Å². The summed E-state index contributed by atoms with van der Waals surface area (Å²) in [6.45, 7) is 0. The predicted molar refractivity (Wildman–Crippen MR) is 110 cm³/mol. The minimum absolute atomic E-state index is 0.593. The molecule has 6 aromatic rings. The maximum Gasteiger partial charge on any atom is 0.137 e. The molecule has 0 fully saturated rings. The molecular weight excluding hydrogens is 364 g/mol. The van der Waals surface area contributed by atoms with Gasteiger partial charge in [-0.05, 0) is 36.4 Å². The van der Waals surface area contributed by atoms with Crippen LogP contribution in [0.3, 0.4) is 0 Å². The van der Waals surface area contributed by atoms with Crippen molar-refractivity contribution < 1.29 is 0 Å². The van der Waals surface area contributed by atoms with E-state index in [1.165, 1.54) is 0 Å². The average molecular weight is 380 g/mol. The van der Waals surface area contributed by atoms with Crippen LogP contribution in [0, 0.1) is 0 Å². The van der Waals surface area contributed by atoms with Gasteiger partial charge in [0.1, 0.15) is 23.3 Å². The molecule has 0 saturated heterocycles. The van der Waals surface area contributed by atoms with Gasteiger partial charge in [-0.1, -0.05) is 0 Å². The Labute approximate surface area is 164 Å². The van der Waals surface area contributed by atoms with E-state index in [-0.39, 0.29) is 0 Å². The van der Waals surface area contributed by atoms with Gasteiger partial charge in [-0.3, -0.25) is 0 Å². The Hall–Kier alpha value is -4.20. The van der Waals surface area contributed by atoms with Crippen molar-refractivity contribution in [2.24, 2.45) is 0 Å². The first kappa shape index (κ1) is 15.8. The number of benzene rings is 2. The monoisotopic (exact) mass is 380 g/mol. The molecule has 6 rings (SSSR count). The summed E-state index contributed by atoms with van der Waals surface area (Å²) in [7, 11) is 0. The van der Waals surface area contributed by atoms with Crippen LogP contribution < -0.4 is 0 Å². The van der Waals surface area contributed by atoms with Crippen LogP contribution >= 0.6 is 0 Å². The number of fused-ring (bicyclic) bond motifs is 2. The summed E-state index contributed by atoms with van der Waals surface area (Å²) in [6.07, 6.45) is 7.72. The Bertz CT molecular complexity index is 1310. The van der Waals surface area contributed by atoms with E-state index in [1.54, 1.807) is 12.4 Å². The molecule has 2 aromatic carbocycles. The second kappa shape index (κ2) is 6.16. The molecule has 0 bridgehead atoms. The Balaban J connectivity index is 1.32. The number of aromatic amines is 4. The van der Waals surface area contributed by atoms with Gasteiger partial charge in [0.25, 0.3) is 0 Å². The van der Waals surface area contributed by atoms with E-state index in [9.17, 15) is 0 Å². The van der Waals surface area contributed by atoms with E-state index in [1.807, 2.05) is 36.7 Å². The summed E-state index contributed by atoms with van der Waals surface area (Å²) in [5, 5.41) is 0. The second-order valence-corrected chi connectivity index (χ2v) is 6.88. The predicted octanol–water partition coefficient (Wildman–Crippen LogP) is 3.81. The number of H-pyrrole nitrogens is 4. The lowest BCUT2D eigenvalue weighted by atomic mass is 10.2. The summed E-state index contributed by atoms with van der Waals surface area (Å²) in [5.41, 5.74) is 5.84. The Morgan fingerprint density at radius 1 is 0.655 bits per heavy atom. The van der Waals surface area contributed by atoms with Gasteiger partial charge in [0, 0.05) is 35.9 Å². The molecule has 4 heterocycles. The zero-order chi connectivity index (χ0) is 19.2. The Morgan fingerprint density at radius 2 is 1.17 bits per heavy atom. The molecule has 29 heavy (non-hydrogen) atoms. The number of hydrogen-bond donors (Lipinski definition) is 4. The van der Waals surface area contributed by atoms with Gasteiger partial charge in [-0.2, -0.15) is 0 Å². The third-order valence-corrected chi connectivity index (χ3v) is 4.94. The van der Waals surface area contributed by atoms with Gasteiger partial charge < -0.3 is 19.9 Å². The fourth-order valence-electron chi connectivity index (χ4n) is 3.59. The van der Waals surface area contributed by atoms with E-state index in [0.717, 1.165) is 56.5 Å². The van der Waals surface area contributed by atoms with Crippen molar-refractivity contribution in [1.29, 1.82) is 0 Å². The van der Waals surface area contributed by atoms with Crippen LogP contribution in [0.1, 0.15) is 11.6 Å². The Morgan fingerprint density at radius 3 is 1.62 bits per heavy atom. The molecule has 8 nitrogen and oxygen atoms in total. The highest BCUT2D eigenvalue weighted by molar-refractivity contribution is 5.81. The van der Waals surface area contributed by atoms with Gasteiger partial charge >= 0.3 is 0 Å². The molecular formula is C21H16N8. The van der Waals surface area contributed by atoms with Crippen molar-refractivity contribution in [3.8, 4) is 22.8 Å². The van der Waals surface area contributed by atoms with Crippen molar-refractivity contribution in [1.82, 2.24) is 39.9 Å². The number of rotatable bonds is 4. The van der Waals surface area contributed by atoms with Crippen molar-refractivity contribution in [2.75, 3.05) is 0 Å². The average Bonchev–Trinajstić information content (AvgIpc) is 3.53. The fourth-order valence-corrected chi connectivity index (χ4v) is 3.59. The molecule has 0 radical (unpaired) electrons. The molecule has 4 aromatic heterocycles. The molecule has 0 spiro atoms. The maximum absolute atomic E-state index is 4.70. The molecule has 4 N–H and O–H groups in total. The molecule has 0 aliphatic rings. The highest BCUT2D eigenvalue weighted by Crippen LogP contribution is 2.23. The lowest BCUT2D eigenvalue weighted by molar-refractivity contribution is 0.960. The highest BCUT2D eigenvalue weighted by atomic mass is 15.0. The van der Waals surface area contributed by atoms with Crippen LogP contribution in [0.15, 0.2) is 61.2 Å². The quantitative estimate of drug-likeness (QED) is 0.372. The zero-order valence-corrected chi connectivity index (χ0v) is 15.3. The van der Waals surface area contributed by atoms with Crippen molar-refractivity contribution >= 4 is 22.1 Å². The van der Waals surface area contributed by atoms with Crippen LogP contribution in [0.2, 0.25) is 0 Å². The van der Waals surface area contributed by atoms with E-state index >= 15 is 0 Å². The maximum atomic E-state index is 4.70. The van der Waals surface area contributed by atoms with Gasteiger partial charge in [0.05, 0.1) is 28.5 Å². The molecule has 0 amide bonds. The minimum Gasteiger partial charge on any atom is -0.345 e. The van der Waals surface area contributed by atoms with Crippen LogP contribution in [0.4, 0.5) is 0 Å². The number of aromatic nitrogens is 8. The number of imidazole rings is 4. The van der Waals surface area contributed by atoms with Gasteiger partial charge in [0.15, 0.2) is 0 Å². The summed E-state index contributed by atoms with van der Waals surface area (Å²) in [5.74, 6) is 3.41. The smallest absolute Gasteiger partial charge is 0.137 e. The standard InChI is InChI=1S/C21H16N8/c1-3-14-16(9-12(1)20-22-5-6-23-20)28-18(26-14)11-19-27-15-4-2-13(10-17(15)29-19)21-24-7-8-25-21/h1-10H,11H2,(H,22,23)(H,24,25)(H,26,28)(H,27,29). The molecule has 0 aliphatic heterocycles. The minimum atomic E-state index is 0.593. The summed E-state index contributed by atoms with van der Waals surface area (Å²) in [6, 6.07) is 12.1. The van der Waals surface area contributed by atoms with Crippen molar-refractivity contribution in [3.05, 3.63) is 72.8 Å². The highest BCUT2D eigenvalue weighted by Gasteiger charge is 2.10. The normalized spacial score (nSPS) is 11.6. The zero-order valence-electron chi connectivity index (χ0n) is 15.3. The molecule has 8 heteroatoms. The first-order valence-electron chi connectivity index (χ1n) is 9.29. The Kier molecular flexibility index (Phi) is 3.36. The SMILES string of the molecule is c1c[nH]c(-c2ccc3nc(Cc4nc5ccc(-c6ncc[nH]6)cc5[nH]4)[nH]c3c2)n1. The van der Waals surface area contributed by atoms with Crippen LogP contribution in [-0.2, 0) is 6.42 Å². The van der Waals surface area contributed by atoms with Crippen molar-refractivity contribution in [3.63, 3.8) is 0 Å². The van der Waals surface area contributed by atoms with Crippen LogP contribution in [-0.4, -0.2) is 39.9 Å². The lowest BCUT2D eigenvalue weighted by Crippen LogP contribution is -1.92. The molecule has 0 unspecified atom stereocenters. The molecule has 0 atom stereocenters. The van der Waals surface area contributed by atoms with Crippen LogP contribution in [0.5, 0.6) is 0 Å². The van der Waals surface area contributed by atoms with E-state index in [0.29, 0.717) is 6.42 Å². The third-order valence-electron chi connectivity index (χ3n) is 4.94. The number of hydrogen-bond acceptors (Lipinski definition) is 4. The molecule has 0 saturated carbocycles. The van der Waals surface area contributed by atoms with E-state index in [4.69, 9.17) is 9.97 Å². The summed E-state index contributed by atoms with van der Waals surface area (Å²) in [4.78, 5) is 31.1. The second-order valence-electron chi connectivity index (χ2n) is 6.88. The van der Waals surface area contributed by atoms with Crippen LogP contribution in [0.25, 0.3) is 44.8 Å². The van der Waals surface area contributed by atoms with Gasteiger partial charge in [0.2, 0.25) is 0 Å². The topological polar surface area (TPSA) is 115 Å². The molecule has 140 valence electrons. The van der Waals surface area contributed by atoms with E-state index in [2.05, 4.69) is 42.0 Å². The first-order valence-corrected chi connectivity index (χ1v) is 9.29. The van der Waals surface area contributed by atoms with Gasteiger partial charge in [-0.15, -0.1) is 0 Å². The number of nitrogens with one attached hydrogen (secondary N) is 4. The first-order chi connectivity index (χ1) is 14.3. The van der Waals surface area contributed by atoms with Crippen molar-refractivity contribution in [2.45, 2.75) is 6.42 Å². The largest absolute Gasteiger partial charge is 0.345 e. The third kappa shape index (κ3) is 2.78. The summed E-state index contributed by atoms with van der Waals surface area (Å²) < 4.78 is 0. The summed E-state index contributed by atoms with van der Waals surface area (Å²) >= 11 is 0.